The van der Waals surface area contributed by atoms with Crippen LogP contribution in [0.1, 0.15) is 18.7 Å². The van der Waals surface area contributed by atoms with Crippen molar-refractivity contribution in [2.24, 2.45) is 0 Å². The molecule has 4 nitrogen and oxygen atoms in total. The predicted octanol–water partition coefficient (Wildman–Crippen LogP) is 2.74. The van der Waals surface area contributed by atoms with Crippen LogP contribution in [0.25, 0.3) is 11.0 Å². The molecule has 2 N–H and O–H groups in total. The van der Waals surface area contributed by atoms with Gasteiger partial charge in [-0.05, 0) is 31.2 Å². The SMILES string of the molecule is COC[C@H](O)CN[C@H](C)c1cc2cc(Cl)ccc2o1. The molecule has 0 amide bonds. The molecule has 0 radical (unpaired) electrons. The van der Waals surface area contributed by atoms with E-state index < -0.39 is 6.10 Å². The van der Waals surface area contributed by atoms with Crippen LogP contribution in [0.2, 0.25) is 5.02 Å². The molecule has 0 bridgehead atoms. The Hall–Kier alpha value is -1.07. The van der Waals surface area contributed by atoms with Gasteiger partial charge in [0.15, 0.2) is 0 Å². The van der Waals surface area contributed by atoms with E-state index in [1.54, 1.807) is 13.2 Å². The average Bonchev–Trinajstić information content (AvgIpc) is 2.79. The maximum atomic E-state index is 9.59. The molecule has 0 spiro atoms. The van der Waals surface area contributed by atoms with Crippen LogP contribution in [0, 0.1) is 0 Å². The minimum atomic E-state index is -0.522. The van der Waals surface area contributed by atoms with Gasteiger partial charge in [-0.3, -0.25) is 0 Å². The molecule has 0 aliphatic rings. The van der Waals surface area contributed by atoms with E-state index in [9.17, 15) is 5.11 Å². The van der Waals surface area contributed by atoms with Crippen molar-refractivity contribution in [1.82, 2.24) is 5.32 Å². The third-order valence-corrected chi connectivity index (χ3v) is 3.18. The molecule has 104 valence electrons. The summed E-state index contributed by atoms with van der Waals surface area (Å²) in [7, 11) is 1.57. The normalized spacial score (nSPS) is 14.7. The summed E-state index contributed by atoms with van der Waals surface area (Å²) in [5.41, 5.74) is 0.811. The Morgan fingerprint density at radius 2 is 2.21 bits per heavy atom. The summed E-state index contributed by atoms with van der Waals surface area (Å²) < 4.78 is 10.6. The maximum Gasteiger partial charge on any atom is 0.134 e. The van der Waals surface area contributed by atoms with Gasteiger partial charge in [0.05, 0.1) is 18.8 Å². The Kier molecular flexibility index (Phi) is 4.82. The van der Waals surface area contributed by atoms with Crippen LogP contribution in [0.5, 0.6) is 0 Å². The minimum absolute atomic E-state index is 0.0117. The first-order valence-electron chi connectivity index (χ1n) is 6.19. The maximum absolute atomic E-state index is 9.59. The van der Waals surface area contributed by atoms with E-state index in [-0.39, 0.29) is 6.04 Å². The van der Waals surface area contributed by atoms with Crippen LogP contribution in [0.4, 0.5) is 0 Å². The molecule has 2 atom stereocenters. The molecule has 0 aliphatic heterocycles. The molecule has 1 aromatic heterocycles. The number of rotatable bonds is 6. The Bertz CT molecular complexity index is 540. The van der Waals surface area contributed by atoms with Gasteiger partial charge in [0, 0.05) is 24.1 Å². The third-order valence-electron chi connectivity index (χ3n) is 2.94. The zero-order chi connectivity index (χ0) is 13.8. The molecule has 0 unspecified atom stereocenters. The highest BCUT2D eigenvalue weighted by atomic mass is 35.5. The van der Waals surface area contributed by atoms with Crippen molar-refractivity contribution < 1.29 is 14.3 Å². The summed E-state index contributed by atoms with van der Waals surface area (Å²) in [4.78, 5) is 0. The molecule has 2 aromatic rings. The van der Waals surface area contributed by atoms with Crippen molar-refractivity contribution in [3.8, 4) is 0 Å². The summed E-state index contributed by atoms with van der Waals surface area (Å²) in [5, 5.41) is 14.5. The van der Waals surface area contributed by atoms with Gasteiger partial charge in [0.25, 0.3) is 0 Å². The molecular formula is C14H18ClNO3. The number of nitrogens with one attached hydrogen (secondary N) is 1. The fourth-order valence-corrected chi connectivity index (χ4v) is 2.09. The number of aliphatic hydroxyl groups excluding tert-OH is 1. The zero-order valence-corrected chi connectivity index (χ0v) is 11.8. The van der Waals surface area contributed by atoms with E-state index in [0.717, 1.165) is 16.7 Å². The van der Waals surface area contributed by atoms with Gasteiger partial charge in [0.1, 0.15) is 11.3 Å². The number of fused-ring (bicyclic) bond motifs is 1. The number of hydrogen-bond acceptors (Lipinski definition) is 4. The average molecular weight is 284 g/mol. The first-order chi connectivity index (χ1) is 9.10. The monoisotopic (exact) mass is 283 g/mol. The fraction of sp³-hybridized carbons (Fsp3) is 0.429. The van der Waals surface area contributed by atoms with E-state index in [1.807, 2.05) is 25.1 Å². The lowest BCUT2D eigenvalue weighted by molar-refractivity contribution is 0.0626. The van der Waals surface area contributed by atoms with Gasteiger partial charge in [-0.1, -0.05) is 11.6 Å². The van der Waals surface area contributed by atoms with Crippen molar-refractivity contribution in [2.75, 3.05) is 20.3 Å². The number of furan rings is 1. The number of benzene rings is 1. The molecule has 5 heteroatoms. The molecule has 0 fully saturated rings. The summed E-state index contributed by atoms with van der Waals surface area (Å²) >= 11 is 5.94. The number of hydrogen-bond donors (Lipinski definition) is 2. The molecule has 0 saturated carbocycles. The van der Waals surface area contributed by atoms with Crippen LogP contribution in [0.3, 0.4) is 0 Å². The predicted molar refractivity (Wildman–Crippen MR) is 75.5 cm³/mol. The van der Waals surface area contributed by atoms with Crippen LogP contribution < -0.4 is 5.32 Å². The number of halogens is 1. The van der Waals surface area contributed by atoms with Crippen molar-refractivity contribution >= 4 is 22.6 Å². The summed E-state index contributed by atoms with van der Waals surface area (Å²) in [6.45, 7) is 2.75. The van der Waals surface area contributed by atoms with Gasteiger partial charge < -0.3 is 19.6 Å². The van der Waals surface area contributed by atoms with E-state index >= 15 is 0 Å². The lowest BCUT2D eigenvalue weighted by Gasteiger charge is -2.14. The van der Waals surface area contributed by atoms with Gasteiger partial charge in [-0.25, -0.2) is 0 Å². The van der Waals surface area contributed by atoms with Gasteiger partial charge in [0.2, 0.25) is 0 Å². The molecular weight excluding hydrogens is 266 g/mol. The van der Waals surface area contributed by atoms with E-state index in [2.05, 4.69) is 5.32 Å². The lowest BCUT2D eigenvalue weighted by Crippen LogP contribution is -2.31. The van der Waals surface area contributed by atoms with Crippen molar-refractivity contribution in [2.45, 2.75) is 19.1 Å². The Morgan fingerprint density at radius 3 is 2.95 bits per heavy atom. The van der Waals surface area contributed by atoms with Gasteiger partial charge >= 0.3 is 0 Å². The summed E-state index contributed by atoms with van der Waals surface area (Å²) in [6.07, 6.45) is -0.522. The zero-order valence-electron chi connectivity index (χ0n) is 11.0. The number of methoxy groups -OCH3 is 1. The molecule has 19 heavy (non-hydrogen) atoms. The second kappa shape index (κ2) is 6.39. The van der Waals surface area contributed by atoms with Crippen LogP contribution in [0.15, 0.2) is 28.7 Å². The highest BCUT2D eigenvalue weighted by Gasteiger charge is 2.13. The van der Waals surface area contributed by atoms with Gasteiger partial charge in [-0.2, -0.15) is 0 Å². The second-order valence-corrected chi connectivity index (χ2v) is 5.01. The first-order valence-corrected chi connectivity index (χ1v) is 6.57. The topological polar surface area (TPSA) is 54.6 Å². The van der Waals surface area contributed by atoms with Crippen LogP contribution in [-0.4, -0.2) is 31.5 Å². The van der Waals surface area contributed by atoms with Crippen molar-refractivity contribution in [1.29, 1.82) is 0 Å². The standard InChI is InChI=1S/C14H18ClNO3/c1-9(16-7-12(17)8-18-2)14-6-10-5-11(15)3-4-13(10)19-14/h3-6,9,12,16-17H,7-8H2,1-2H3/t9-,12-/m1/s1. The van der Waals surface area contributed by atoms with E-state index in [1.165, 1.54) is 0 Å². The Morgan fingerprint density at radius 1 is 1.42 bits per heavy atom. The third kappa shape index (κ3) is 3.70. The second-order valence-electron chi connectivity index (χ2n) is 4.57. The van der Waals surface area contributed by atoms with E-state index in [0.29, 0.717) is 18.2 Å². The van der Waals surface area contributed by atoms with Crippen molar-refractivity contribution in [3.05, 3.63) is 35.0 Å². The van der Waals surface area contributed by atoms with Gasteiger partial charge in [-0.15, -0.1) is 0 Å². The van der Waals surface area contributed by atoms with E-state index in [4.69, 9.17) is 20.8 Å². The quantitative estimate of drug-likeness (QED) is 0.856. The number of ether oxygens (including phenoxy) is 1. The Labute approximate surface area is 117 Å². The van der Waals surface area contributed by atoms with Crippen LogP contribution in [-0.2, 0) is 4.74 Å². The summed E-state index contributed by atoms with van der Waals surface area (Å²) in [5.74, 6) is 0.821. The van der Waals surface area contributed by atoms with Crippen molar-refractivity contribution in [3.63, 3.8) is 0 Å². The van der Waals surface area contributed by atoms with Crippen LogP contribution >= 0.6 is 11.6 Å². The molecule has 0 aliphatic carbocycles. The minimum Gasteiger partial charge on any atom is -0.459 e. The summed E-state index contributed by atoms with van der Waals surface area (Å²) in [6, 6.07) is 7.50. The molecule has 1 aromatic carbocycles. The number of aliphatic hydroxyl groups is 1. The highest BCUT2D eigenvalue weighted by Crippen LogP contribution is 2.26. The smallest absolute Gasteiger partial charge is 0.134 e. The molecule has 0 saturated heterocycles. The molecule has 2 rings (SSSR count). The lowest BCUT2D eigenvalue weighted by atomic mass is 10.2. The highest BCUT2D eigenvalue weighted by molar-refractivity contribution is 6.31. The first kappa shape index (κ1) is 14.3. The fourth-order valence-electron chi connectivity index (χ4n) is 1.91. The Balaban J connectivity index is 2.02. The molecule has 1 heterocycles. The largest absolute Gasteiger partial charge is 0.459 e.